The number of sulfonamides is 1. The Bertz CT molecular complexity index is 1840. The number of hydrogen-bond acceptors (Lipinski definition) is 9. The summed E-state index contributed by atoms with van der Waals surface area (Å²) in [7, 11) is -0.704. The molecule has 0 bridgehead atoms. The normalized spacial score (nSPS) is 17.9. The van der Waals surface area contributed by atoms with Gasteiger partial charge in [0.2, 0.25) is 22.2 Å². The highest BCUT2D eigenvalue weighted by molar-refractivity contribution is 7.89. The van der Waals surface area contributed by atoms with Gasteiger partial charge in [0.05, 0.1) is 30.9 Å². The molecule has 14 nitrogen and oxygen atoms in total. The number of carbonyl (C=O) groups excluding carboxylic acids is 2. The molecule has 1 aromatic heterocycles. The van der Waals surface area contributed by atoms with E-state index >= 15 is 0 Å². The third-order valence-corrected chi connectivity index (χ3v) is 10.9. The van der Waals surface area contributed by atoms with Gasteiger partial charge in [0, 0.05) is 69.8 Å². The zero-order valence-corrected chi connectivity index (χ0v) is 29.4. The predicted octanol–water partition coefficient (Wildman–Crippen LogP) is 2.04. The summed E-state index contributed by atoms with van der Waals surface area (Å²) in [5, 5.41) is 12.5. The third-order valence-electron chi connectivity index (χ3n) is 9.00. The Morgan fingerprint density at radius 2 is 1.84 bits per heavy atom. The minimum absolute atomic E-state index is 0.0181. The fourth-order valence-electron chi connectivity index (χ4n) is 6.28. The zero-order chi connectivity index (χ0) is 35.8. The lowest BCUT2D eigenvalue weighted by Crippen LogP contribution is -2.38. The summed E-state index contributed by atoms with van der Waals surface area (Å²) in [6.45, 7) is 2.62. The Morgan fingerprint density at radius 1 is 1.10 bits per heavy atom. The number of methoxy groups -OCH3 is 1. The van der Waals surface area contributed by atoms with E-state index in [2.05, 4.69) is 5.32 Å². The van der Waals surface area contributed by atoms with E-state index in [4.69, 9.17) is 14.2 Å². The fourth-order valence-corrected chi connectivity index (χ4v) is 7.70. The minimum atomic E-state index is -3.98. The van der Waals surface area contributed by atoms with Crippen molar-refractivity contribution in [3.8, 4) is 11.4 Å². The van der Waals surface area contributed by atoms with E-state index in [9.17, 15) is 27.9 Å². The Kier molecular flexibility index (Phi) is 12.2. The lowest BCUT2D eigenvalue weighted by atomic mass is 9.93. The summed E-state index contributed by atoms with van der Waals surface area (Å²) >= 11 is 0. The van der Waals surface area contributed by atoms with Gasteiger partial charge in [-0.2, -0.15) is 4.31 Å². The second-order valence-corrected chi connectivity index (χ2v) is 14.1. The number of amides is 2. The van der Waals surface area contributed by atoms with Crippen molar-refractivity contribution in [1.29, 1.82) is 0 Å². The molecule has 2 aliphatic heterocycles. The number of benzene rings is 2. The van der Waals surface area contributed by atoms with Crippen LogP contribution in [0, 0.1) is 6.92 Å². The summed E-state index contributed by atoms with van der Waals surface area (Å²) in [5.41, 5.74) is 1.63. The van der Waals surface area contributed by atoms with Crippen molar-refractivity contribution in [3.05, 3.63) is 88.0 Å². The van der Waals surface area contributed by atoms with E-state index in [0.29, 0.717) is 48.6 Å². The largest absolute Gasteiger partial charge is 0.497 e. The van der Waals surface area contributed by atoms with Crippen molar-refractivity contribution in [1.82, 2.24) is 23.9 Å². The van der Waals surface area contributed by atoms with Gasteiger partial charge in [-0.05, 0) is 62.2 Å². The first-order valence-corrected chi connectivity index (χ1v) is 18.1. The molecule has 270 valence electrons. The van der Waals surface area contributed by atoms with Crippen LogP contribution < -0.4 is 15.6 Å². The third kappa shape index (κ3) is 8.29. The summed E-state index contributed by atoms with van der Waals surface area (Å²) in [5.74, 6) is -0.445. The van der Waals surface area contributed by atoms with E-state index in [1.54, 1.807) is 39.5 Å². The van der Waals surface area contributed by atoms with Crippen molar-refractivity contribution in [2.75, 3.05) is 53.0 Å². The van der Waals surface area contributed by atoms with Crippen molar-refractivity contribution < 1.29 is 37.3 Å². The van der Waals surface area contributed by atoms with Crippen LogP contribution in [-0.2, 0) is 36.1 Å². The van der Waals surface area contributed by atoms with E-state index in [0.717, 1.165) is 17.3 Å². The van der Waals surface area contributed by atoms with Gasteiger partial charge in [0.25, 0.3) is 11.5 Å². The Morgan fingerprint density at radius 3 is 2.50 bits per heavy atom. The van der Waals surface area contributed by atoms with Crippen LogP contribution in [0.25, 0.3) is 5.69 Å². The van der Waals surface area contributed by atoms with Gasteiger partial charge in [-0.1, -0.05) is 18.2 Å². The Hall–Kier alpha value is -4.44. The molecular formula is C35H45N5O9S. The quantitative estimate of drug-likeness (QED) is 0.212. The van der Waals surface area contributed by atoms with Gasteiger partial charge in [0.15, 0.2) is 5.76 Å². The highest BCUT2D eigenvalue weighted by Gasteiger charge is 2.34. The number of likely N-dealkylation sites (tertiary alicyclic amines) is 1. The van der Waals surface area contributed by atoms with Crippen molar-refractivity contribution >= 4 is 21.8 Å². The molecule has 1 fully saturated rings. The number of allylic oxidation sites excluding steroid dienone is 1. The maximum atomic E-state index is 13.9. The highest BCUT2D eigenvalue weighted by Crippen LogP contribution is 2.32. The molecule has 2 aliphatic rings. The van der Waals surface area contributed by atoms with Crippen molar-refractivity contribution in [2.45, 2.75) is 49.7 Å². The average Bonchev–Trinajstić information content (AvgIpc) is 3.63. The smallest absolute Gasteiger partial charge is 0.286 e. The number of rotatable bonds is 16. The molecule has 3 heterocycles. The van der Waals surface area contributed by atoms with Crippen LogP contribution in [0.2, 0.25) is 0 Å². The van der Waals surface area contributed by atoms with E-state index < -0.39 is 34.7 Å². The molecule has 3 aromatic rings. The molecule has 2 aromatic carbocycles. The number of aromatic nitrogens is 2. The number of nitrogens with zero attached hydrogens (tertiary/aromatic N) is 4. The Labute approximate surface area is 291 Å². The molecule has 2 amide bonds. The molecule has 1 saturated heterocycles. The molecule has 0 unspecified atom stereocenters. The average molecular weight is 712 g/mol. The maximum absolute atomic E-state index is 13.9. The molecule has 2 N–H and O–H groups in total. The van der Waals surface area contributed by atoms with Crippen LogP contribution in [0.4, 0.5) is 0 Å². The van der Waals surface area contributed by atoms with Gasteiger partial charge in [-0.3, -0.25) is 19.1 Å². The number of aliphatic hydroxyl groups excluding tert-OH is 1. The maximum Gasteiger partial charge on any atom is 0.286 e. The fraction of sp³-hybridized carbons (Fsp3) is 0.457. The second-order valence-electron chi connectivity index (χ2n) is 12.2. The number of ether oxygens (including phenoxy) is 3. The summed E-state index contributed by atoms with van der Waals surface area (Å²) in [6, 6.07) is 15.2. The first-order chi connectivity index (χ1) is 24.0. The van der Waals surface area contributed by atoms with Crippen LogP contribution in [0.15, 0.2) is 76.1 Å². The lowest BCUT2D eigenvalue weighted by Gasteiger charge is -2.30. The van der Waals surface area contributed by atoms with Crippen LogP contribution in [0.3, 0.4) is 0 Å². The summed E-state index contributed by atoms with van der Waals surface area (Å²) in [6.07, 6.45) is 2.78. The van der Waals surface area contributed by atoms with Crippen LogP contribution in [-0.4, -0.2) is 103 Å². The molecular weight excluding hydrogens is 666 g/mol. The van der Waals surface area contributed by atoms with E-state index in [-0.39, 0.29) is 48.2 Å². The molecule has 5 rings (SSSR count). The first kappa shape index (κ1) is 36.8. The predicted molar refractivity (Wildman–Crippen MR) is 184 cm³/mol. The number of para-hydroxylation sites is 1. The van der Waals surface area contributed by atoms with Crippen LogP contribution in [0.1, 0.15) is 42.9 Å². The van der Waals surface area contributed by atoms with Gasteiger partial charge in [-0.25, -0.2) is 13.1 Å². The minimum Gasteiger partial charge on any atom is -0.497 e. The van der Waals surface area contributed by atoms with Gasteiger partial charge in [-0.15, -0.1) is 0 Å². The summed E-state index contributed by atoms with van der Waals surface area (Å²) < 4.78 is 48.4. The van der Waals surface area contributed by atoms with Crippen molar-refractivity contribution in [2.24, 2.45) is 7.05 Å². The molecule has 0 saturated carbocycles. The van der Waals surface area contributed by atoms with E-state index in [1.807, 2.05) is 37.3 Å². The Balaban J connectivity index is 1.33. The molecule has 50 heavy (non-hydrogen) atoms. The number of hydrogen-bond donors (Lipinski definition) is 2. The molecule has 15 heteroatoms. The standard InChI is InChI=1S/C35H45N5O9S/c1-25-33(35(44)40(37(25)2)27-9-5-4-6-10-27)26-23-30(34(43)36-16-8-18-38-17-7-11-31(38)42)49-32(24-26)48-22-20-39(19-21-41)50(45,46)29-14-12-28(47-3)13-15-29/h4-6,9-10,12-15,23,26,32,41H,7-8,11,16-22,24H2,1-3H3,(H,36,43)/t26-,32+/m1/s1. The first-order valence-electron chi connectivity index (χ1n) is 16.7. The molecule has 2 atom stereocenters. The number of carbonyl (C=O) groups is 2. The number of aliphatic hydroxyl groups is 1. The monoisotopic (exact) mass is 711 g/mol. The number of nitrogens with one attached hydrogen (secondary N) is 1. The SMILES string of the molecule is COc1ccc(S(=O)(=O)N(CCO)CCO[C@@H]2C[C@H](c3c(C)n(C)n(-c4ccccc4)c3=O)C=C(C(=O)NCCCN3CCCC3=O)O2)cc1. The molecule has 0 aliphatic carbocycles. The topological polar surface area (TPSA) is 162 Å². The van der Waals surface area contributed by atoms with Gasteiger partial charge in [0.1, 0.15) is 5.75 Å². The van der Waals surface area contributed by atoms with E-state index in [1.165, 1.54) is 19.2 Å². The second kappa shape index (κ2) is 16.5. The van der Waals surface area contributed by atoms with Crippen LogP contribution in [0.5, 0.6) is 5.75 Å². The van der Waals surface area contributed by atoms with Crippen LogP contribution >= 0.6 is 0 Å². The molecule has 0 spiro atoms. The lowest BCUT2D eigenvalue weighted by molar-refractivity contribution is -0.146. The summed E-state index contributed by atoms with van der Waals surface area (Å²) in [4.78, 5) is 41.1. The van der Waals surface area contributed by atoms with Gasteiger partial charge < -0.3 is 29.5 Å². The van der Waals surface area contributed by atoms with Gasteiger partial charge >= 0.3 is 0 Å². The zero-order valence-electron chi connectivity index (χ0n) is 28.6. The highest BCUT2D eigenvalue weighted by atomic mass is 32.2. The molecule has 0 radical (unpaired) electrons. The van der Waals surface area contributed by atoms with Crippen molar-refractivity contribution in [3.63, 3.8) is 0 Å².